The Kier molecular flexibility index (Phi) is 10.4. The van der Waals surface area contributed by atoms with Gasteiger partial charge in [0.05, 0.1) is 6.10 Å². The first kappa shape index (κ1) is 29.4. The summed E-state index contributed by atoms with van der Waals surface area (Å²) in [4.78, 5) is 42.9. The number of aliphatic hydroxyl groups excluding tert-OH is 1. The number of β-amino-alcohol motifs (C(OH)–C–C–N with tert-alkyl or cyclic N) is 1. The van der Waals surface area contributed by atoms with E-state index in [1.165, 1.54) is 24.6 Å². The molecule has 1 saturated heterocycles. The summed E-state index contributed by atoms with van der Waals surface area (Å²) in [6, 6.07) is 10.1. The van der Waals surface area contributed by atoms with Gasteiger partial charge >= 0.3 is 0 Å². The molecule has 0 aliphatic carbocycles. The van der Waals surface area contributed by atoms with E-state index in [1.807, 2.05) is 24.8 Å². The molecule has 1 aromatic heterocycles. The maximum Gasteiger partial charge on any atom is 0.271 e. The summed E-state index contributed by atoms with van der Waals surface area (Å²) in [5, 5.41) is 20.7. The van der Waals surface area contributed by atoms with E-state index in [2.05, 4.69) is 48.9 Å². The van der Waals surface area contributed by atoms with Crippen LogP contribution in [0.3, 0.4) is 0 Å². The molecule has 2 aliphatic heterocycles. The van der Waals surface area contributed by atoms with Crippen molar-refractivity contribution in [1.82, 2.24) is 25.1 Å². The Balaban J connectivity index is 1.22. The second kappa shape index (κ2) is 14.2. The molecule has 11 heteroatoms. The van der Waals surface area contributed by atoms with E-state index in [-0.39, 0.29) is 30.1 Å². The van der Waals surface area contributed by atoms with Crippen LogP contribution in [0.15, 0.2) is 41.8 Å². The number of nitrogens with one attached hydrogen (secondary N) is 2. The van der Waals surface area contributed by atoms with Crippen molar-refractivity contribution >= 4 is 23.3 Å². The van der Waals surface area contributed by atoms with E-state index in [1.54, 1.807) is 6.07 Å². The van der Waals surface area contributed by atoms with Crippen LogP contribution in [0, 0.1) is 5.92 Å². The van der Waals surface area contributed by atoms with Gasteiger partial charge in [-0.2, -0.15) is 0 Å². The average Bonchev–Trinajstić information content (AvgIpc) is 2.95. The lowest BCUT2D eigenvalue weighted by atomic mass is 10.00. The number of nitrogens with zero attached hydrogens (tertiary/aromatic N) is 5. The number of hydrogen-bond donors (Lipinski definition) is 3. The number of anilines is 1. The summed E-state index contributed by atoms with van der Waals surface area (Å²) in [7, 11) is 1.46. The Hall–Kier alpha value is -3.57. The number of aliphatic hydroxyl groups is 1. The smallest absolute Gasteiger partial charge is 0.271 e. The Morgan fingerprint density at radius 2 is 1.90 bits per heavy atom. The minimum Gasteiger partial charge on any atom is -0.399 e. The van der Waals surface area contributed by atoms with E-state index >= 15 is 0 Å². The van der Waals surface area contributed by atoms with Gasteiger partial charge in [0, 0.05) is 57.8 Å². The van der Waals surface area contributed by atoms with Crippen molar-refractivity contribution in [2.75, 3.05) is 45.2 Å². The molecular formula is C29H41N7O4. The van der Waals surface area contributed by atoms with Gasteiger partial charge in [-0.3, -0.25) is 14.5 Å². The standard InChI is InChI=1S/C29H41N7O4/c1-20(2)14-26(34-40-3)29(39)36-12-9-23(10-13-36)33-27-15-25(31-19-32-27)28(38)30-16-24(37)18-35-11-8-21-6-4-5-7-22(21)17-35/h4-7,15,19-20,23-24,37H,8-14,16-18H2,1-3H3,(H,30,38)(H,31,32,33)/b34-26-. The minimum absolute atomic E-state index is 0.0812. The van der Waals surface area contributed by atoms with Crippen molar-refractivity contribution in [3.63, 3.8) is 0 Å². The summed E-state index contributed by atoms with van der Waals surface area (Å²) in [5.41, 5.74) is 3.33. The molecule has 3 N–H and O–H groups in total. The van der Waals surface area contributed by atoms with Crippen LogP contribution in [0.25, 0.3) is 0 Å². The molecule has 0 bridgehead atoms. The van der Waals surface area contributed by atoms with Gasteiger partial charge in [-0.05, 0) is 36.3 Å². The van der Waals surface area contributed by atoms with E-state index in [4.69, 9.17) is 4.84 Å². The highest BCUT2D eigenvalue weighted by Gasteiger charge is 2.27. The summed E-state index contributed by atoms with van der Waals surface area (Å²) < 4.78 is 0. The third-order valence-corrected chi connectivity index (χ3v) is 7.26. The number of piperidine rings is 1. The first-order chi connectivity index (χ1) is 19.3. The number of carbonyl (C=O) groups is 2. The quantitative estimate of drug-likeness (QED) is 0.286. The molecule has 2 amide bonds. The fourth-order valence-corrected chi connectivity index (χ4v) is 5.21. The molecule has 2 aliphatic rings. The Labute approximate surface area is 236 Å². The SMILES string of the molecule is CO/N=C(/CC(C)C)C(=O)N1CCC(Nc2cc(C(=O)NCC(O)CN3CCc4ccccc4C3)ncn2)CC1. The number of amides is 2. The molecule has 2 aromatic rings. The second-order valence-corrected chi connectivity index (χ2v) is 10.9. The molecular weight excluding hydrogens is 510 g/mol. The van der Waals surface area contributed by atoms with Gasteiger partial charge in [0.2, 0.25) is 0 Å². The number of aromatic nitrogens is 2. The molecule has 3 heterocycles. The molecule has 40 heavy (non-hydrogen) atoms. The molecule has 1 aromatic carbocycles. The molecule has 0 radical (unpaired) electrons. The number of oxime groups is 1. The highest BCUT2D eigenvalue weighted by molar-refractivity contribution is 6.38. The molecule has 0 spiro atoms. The van der Waals surface area contributed by atoms with Crippen LogP contribution < -0.4 is 10.6 Å². The molecule has 1 fully saturated rings. The molecule has 1 unspecified atom stereocenters. The van der Waals surface area contributed by atoms with Crippen molar-refractivity contribution in [3.05, 3.63) is 53.5 Å². The van der Waals surface area contributed by atoms with Gasteiger partial charge < -0.3 is 25.5 Å². The van der Waals surface area contributed by atoms with Crippen molar-refractivity contribution < 1.29 is 19.5 Å². The number of carbonyl (C=O) groups excluding carboxylic acids is 2. The minimum atomic E-state index is -0.684. The van der Waals surface area contributed by atoms with Gasteiger partial charge in [-0.15, -0.1) is 0 Å². The van der Waals surface area contributed by atoms with Gasteiger partial charge in [-0.25, -0.2) is 9.97 Å². The summed E-state index contributed by atoms with van der Waals surface area (Å²) >= 11 is 0. The number of rotatable bonds is 11. The van der Waals surface area contributed by atoms with E-state index in [9.17, 15) is 14.7 Å². The largest absolute Gasteiger partial charge is 0.399 e. The van der Waals surface area contributed by atoms with Gasteiger partial charge in [0.1, 0.15) is 30.7 Å². The zero-order chi connectivity index (χ0) is 28.5. The van der Waals surface area contributed by atoms with Gasteiger partial charge in [0.15, 0.2) is 0 Å². The zero-order valence-electron chi connectivity index (χ0n) is 23.7. The Morgan fingerprint density at radius 3 is 2.62 bits per heavy atom. The van der Waals surface area contributed by atoms with Gasteiger partial charge in [-0.1, -0.05) is 43.3 Å². The summed E-state index contributed by atoms with van der Waals surface area (Å²) in [6.45, 7) is 7.59. The highest BCUT2D eigenvalue weighted by atomic mass is 16.6. The summed E-state index contributed by atoms with van der Waals surface area (Å²) in [5.74, 6) is 0.419. The summed E-state index contributed by atoms with van der Waals surface area (Å²) in [6.07, 6.45) is 3.69. The van der Waals surface area contributed by atoms with Crippen molar-refractivity contribution in [2.45, 2.75) is 58.2 Å². The van der Waals surface area contributed by atoms with Crippen molar-refractivity contribution in [3.8, 4) is 0 Å². The van der Waals surface area contributed by atoms with Crippen LogP contribution in [0.5, 0.6) is 0 Å². The maximum atomic E-state index is 12.9. The lowest BCUT2D eigenvalue weighted by molar-refractivity contribution is -0.125. The average molecular weight is 552 g/mol. The first-order valence-electron chi connectivity index (χ1n) is 14.1. The monoisotopic (exact) mass is 551 g/mol. The van der Waals surface area contributed by atoms with Crippen molar-refractivity contribution in [2.24, 2.45) is 11.1 Å². The lowest BCUT2D eigenvalue weighted by Crippen LogP contribution is -2.45. The fraction of sp³-hybridized carbons (Fsp3) is 0.552. The predicted molar refractivity (Wildman–Crippen MR) is 153 cm³/mol. The lowest BCUT2D eigenvalue weighted by Gasteiger charge is -2.33. The Morgan fingerprint density at radius 1 is 1.15 bits per heavy atom. The van der Waals surface area contributed by atoms with Crippen LogP contribution in [-0.4, -0.2) is 94.4 Å². The van der Waals surface area contributed by atoms with Crippen LogP contribution in [0.2, 0.25) is 0 Å². The molecule has 1 atom stereocenters. The number of likely N-dealkylation sites (tertiary alicyclic amines) is 1. The van der Waals surface area contributed by atoms with Gasteiger partial charge in [0.25, 0.3) is 11.8 Å². The van der Waals surface area contributed by atoms with Crippen LogP contribution in [-0.2, 0) is 22.6 Å². The third kappa shape index (κ3) is 8.22. The Bertz CT molecular complexity index is 1180. The molecule has 4 rings (SSSR count). The number of hydrogen-bond acceptors (Lipinski definition) is 9. The first-order valence-corrected chi connectivity index (χ1v) is 14.1. The number of benzene rings is 1. The fourth-order valence-electron chi connectivity index (χ4n) is 5.21. The molecule has 0 saturated carbocycles. The van der Waals surface area contributed by atoms with Crippen molar-refractivity contribution in [1.29, 1.82) is 0 Å². The maximum absolute atomic E-state index is 12.9. The van der Waals surface area contributed by atoms with E-state index in [0.717, 1.165) is 32.4 Å². The van der Waals surface area contributed by atoms with Crippen LogP contribution >= 0.6 is 0 Å². The second-order valence-electron chi connectivity index (χ2n) is 10.9. The zero-order valence-corrected chi connectivity index (χ0v) is 23.7. The van der Waals surface area contributed by atoms with E-state index in [0.29, 0.717) is 43.5 Å². The normalized spacial score (nSPS) is 17.3. The van der Waals surface area contributed by atoms with E-state index < -0.39 is 6.10 Å². The molecule has 216 valence electrons. The molecule has 11 nitrogen and oxygen atoms in total. The highest BCUT2D eigenvalue weighted by Crippen LogP contribution is 2.19. The topological polar surface area (TPSA) is 132 Å². The predicted octanol–water partition coefficient (Wildman–Crippen LogP) is 2.08. The van der Waals surface area contributed by atoms with Crippen LogP contribution in [0.1, 0.15) is 54.7 Å². The number of fused-ring (bicyclic) bond motifs is 1. The van der Waals surface area contributed by atoms with Crippen LogP contribution in [0.4, 0.5) is 5.82 Å². The third-order valence-electron chi connectivity index (χ3n) is 7.26.